The minimum atomic E-state index is 0.854. The zero-order chi connectivity index (χ0) is 6.97. The van der Waals surface area contributed by atoms with Gasteiger partial charge in [-0.2, -0.15) is 0 Å². The summed E-state index contributed by atoms with van der Waals surface area (Å²) in [6, 6.07) is 1.97. The van der Waals surface area contributed by atoms with E-state index in [2.05, 4.69) is 21.1 Å². The molecule has 2 rings (SSSR count). The molecule has 0 saturated heterocycles. The van der Waals surface area contributed by atoms with Gasteiger partial charge in [0, 0.05) is 11.1 Å². The van der Waals surface area contributed by atoms with Crippen molar-refractivity contribution in [3.05, 3.63) is 24.3 Å². The third-order valence-corrected chi connectivity index (χ3v) is 1.36. The number of aromatic amines is 1. The van der Waals surface area contributed by atoms with Crippen molar-refractivity contribution in [1.29, 1.82) is 0 Å². The number of hydrogen-bond donors (Lipinski definition) is 1. The van der Waals surface area contributed by atoms with Crippen LogP contribution in [0.25, 0.3) is 11.0 Å². The van der Waals surface area contributed by atoms with E-state index in [0.29, 0.717) is 0 Å². The van der Waals surface area contributed by atoms with Crippen molar-refractivity contribution in [2.45, 2.75) is 6.92 Å². The fourth-order valence-corrected chi connectivity index (χ4v) is 0.947. The third-order valence-electron chi connectivity index (χ3n) is 1.36. The normalized spacial score (nSPS) is 10.5. The number of rotatable bonds is 0. The monoisotopic (exact) mass is 132 g/mol. The van der Waals surface area contributed by atoms with Crippen LogP contribution in [-0.2, 0) is 0 Å². The van der Waals surface area contributed by atoms with E-state index in [1.807, 2.05) is 13.0 Å². The van der Waals surface area contributed by atoms with Gasteiger partial charge in [-0.1, -0.05) is 0 Å². The number of hydrogen-bond acceptors (Lipinski definition) is 2. The Kier molecular flexibility index (Phi) is 0.974. The number of aromatic nitrogens is 3. The van der Waals surface area contributed by atoms with Gasteiger partial charge in [-0.05, 0) is 13.0 Å². The maximum absolute atomic E-state index is 4.00. The molecule has 0 atom stereocenters. The number of nitrogens with zero attached hydrogens (tertiary/aromatic N) is 2. The summed E-state index contributed by atoms with van der Waals surface area (Å²) in [6.45, 7) is 1.98. The molecule has 0 fully saturated rings. The van der Waals surface area contributed by atoms with Gasteiger partial charge in [0.05, 0.1) is 0 Å². The van der Waals surface area contributed by atoms with Gasteiger partial charge in [0.1, 0.15) is 18.2 Å². The average molecular weight is 132 g/mol. The van der Waals surface area contributed by atoms with Crippen molar-refractivity contribution >= 4 is 11.0 Å². The van der Waals surface area contributed by atoms with E-state index in [1.54, 1.807) is 0 Å². The summed E-state index contributed by atoms with van der Waals surface area (Å²) >= 11 is 0. The molecule has 3 nitrogen and oxygen atoms in total. The predicted octanol–water partition coefficient (Wildman–Crippen LogP) is 1.07. The molecule has 0 aliphatic carbocycles. The Balaban J connectivity index is 2.88. The lowest BCUT2D eigenvalue weighted by molar-refractivity contribution is 1.18. The summed E-state index contributed by atoms with van der Waals surface area (Å²) in [6.07, 6.45) is 4.31. The van der Waals surface area contributed by atoms with Crippen LogP contribution in [0.2, 0.25) is 0 Å². The van der Waals surface area contributed by atoms with E-state index < -0.39 is 0 Å². The molecule has 2 heterocycles. The lowest BCUT2D eigenvalue weighted by atomic mass is 10.4. The molecule has 0 aliphatic heterocycles. The molecule has 0 aliphatic rings. The first-order chi connectivity index (χ1) is 4.86. The Labute approximate surface area is 58.1 Å². The van der Waals surface area contributed by atoms with Crippen LogP contribution in [0.4, 0.5) is 0 Å². The molecule has 10 heavy (non-hydrogen) atoms. The largest absolute Gasteiger partial charge is 0.343 e. The van der Waals surface area contributed by atoms with E-state index in [1.165, 1.54) is 6.33 Å². The van der Waals surface area contributed by atoms with Crippen LogP contribution in [0, 0.1) is 13.1 Å². The van der Waals surface area contributed by atoms with Gasteiger partial charge in [0.25, 0.3) is 0 Å². The Morgan fingerprint density at radius 3 is 3.30 bits per heavy atom. The van der Waals surface area contributed by atoms with Gasteiger partial charge in [0.2, 0.25) is 0 Å². The van der Waals surface area contributed by atoms with E-state index in [9.17, 15) is 0 Å². The number of H-pyrrole nitrogens is 1. The average Bonchev–Trinajstić information content (AvgIpc) is 2.27. The maximum atomic E-state index is 4.00. The predicted molar refractivity (Wildman–Crippen MR) is 37.5 cm³/mol. The zero-order valence-electron chi connectivity index (χ0n) is 5.55. The van der Waals surface area contributed by atoms with E-state index >= 15 is 0 Å². The molecule has 0 saturated carbocycles. The molecule has 0 unspecified atom stereocenters. The van der Waals surface area contributed by atoms with Crippen LogP contribution < -0.4 is 0 Å². The molecule has 1 N–H and O–H groups in total. The molecule has 2 aromatic rings. The van der Waals surface area contributed by atoms with Gasteiger partial charge < -0.3 is 4.98 Å². The van der Waals surface area contributed by atoms with E-state index in [0.717, 1.165) is 16.7 Å². The van der Waals surface area contributed by atoms with Crippen LogP contribution in [0.5, 0.6) is 0 Å². The van der Waals surface area contributed by atoms with Crippen LogP contribution in [0.15, 0.2) is 12.4 Å². The van der Waals surface area contributed by atoms with Crippen LogP contribution in [0.1, 0.15) is 5.69 Å². The Morgan fingerprint density at radius 2 is 2.50 bits per heavy atom. The van der Waals surface area contributed by atoms with Crippen molar-refractivity contribution in [2.24, 2.45) is 0 Å². The Hall–Kier alpha value is -1.38. The molecular weight excluding hydrogens is 126 g/mol. The summed E-state index contributed by atoms with van der Waals surface area (Å²) < 4.78 is 0. The van der Waals surface area contributed by atoms with E-state index in [4.69, 9.17) is 0 Å². The molecular formula is C7H6N3. The molecule has 2 aromatic heterocycles. The number of nitrogens with one attached hydrogen (secondary N) is 1. The lowest BCUT2D eigenvalue weighted by Gasteiger charge is -1.81. The maximum Gasteiger partial charge on any atom is 0.141 e. The van der Waals surface area contributed by atoms with Gasteiger partial charge in [-0.25, -0.2) is 9.97 Å². The fraction of sp³-hybridized carbons (Fsp3) is 0.143. The highest BCUT2D eigenvalue weighted by Crippen LogP contribution is 2.08. The number of aryl methyl sites for hydroxylation is 1. The van der Waals surface area contributed by atoms with Gasteiger partial charge in [0.15, 0.2) is 0 Å². The summed E-state index contributed by atoms with van der Waals surface area (Å²) in [5.74, 6) is 0. The minimum absolute atomic E-state index is 0.854. The highest BCUT2D eigenvalue weighted by atomic mass is 14.9. The Bertz CT molecular complexity index is 317. The second kappa shape index (κ2) is 1.80. The molecule has 0 spiro atoms. The molecule has 0 amide bonds. The van der Waals surface area contributed by atoms with Crippen LogP contribution in [0.3, 0.4) is 0 Å². The topological polar surface area (TPSA) is 41.6 Å². The molecule has 49 valence electrons. The second-order valence-electron chi connectivity index (χ2n) is 2.20. The first-order valence-corrected chi connectivity index (χ1v) is 3.04. The quantitative estimate of drug-likeness (QED) is 0.582. The molecule has 0 bridgehead atoms. The Morgan fingerprint density at radius 1 is 1.60 bits per heavy atom. The van der Waals surface area contributed by atoms with Gasteiger partial charge >= 0.3 is 0 Å². The van der Waals surface area contributed by atoms with Crippen molar-refractivity contribution in [2.75, 3.05) is 0 Å². The first-order valence-electron chi connectivity index (χ1n) is 3.04. The second-order valence-corrected chi connectivity index (χ2v) is 2.20. The lowest BCUT2D eigenvalue weighted by Crippen LogP contribution is -1.76. The van der Waals surface area contributed by atoms with Crippen molar-refractivity contribution in [1.82, 2.24) is 15.0 Å². The molecule has 0 aromatic carbocycles. The van der Waals surface area contributed by atoms with Crippen molar-refractivity contribution in [3.8, 4) is 0 Å². The standard InChI is InChI=1S/C7H6N3/c1-5-2-6-3-8-4-9-7(6)10-5/h2,4H,1H3,(H,8,9,10). The summed E-state index contributed by atoms with van der Waals surface area (Å²) in [7, 11) is 0. The summed E-state index contributed by atoms with van der Waals surface area (Å²) in [5, 5.41) is 0.944. The minimum Gasteiger partial charge on any atom is -0.343 e. The van der Waals surface area contributed by atoms with E-state index in [-0.39, 0.29) is 0 Å². The smallest absolute Gasteiger partial charge is 0.141 e. The SMILES string of the molecule is Cc1cc2[c]ncnc2[nH]1. The van der Waals surface area contributed by atoms with Gasteiger partial charge in [-0.3, -0.25) is 0 Å². The van der Waals surface area contributed by atoms with Crippen molar-refractivity contribution < 1.29 is 0 Å². The first kappa shape index (κ1) is 5.41. The highest BCUT2D eigenvalue weighted by molar-refractivity contribution is 5.74. The molecule has 3 heteroatoms. The summed E-state index contributed by atoms with van der Waals surface area (Å²) in [4.78, 5) is 10.9. The van der Waals surface area contributed by atoms with Crippen molar-refractivity contribution in [3.63, 3.8) is 0 Å². The number of fused-ring (bicyclic) bond motifs is 1. The zero-order valence-corrected chi connectivity index (χ0v) is 5.55. The van der Waals surface area contributed by atoms with Crippen LogP contribution >= 0.6 is 0 Å². The van der Waals surface area contributed by atoms with Gasteiger partial charge in [-0.15, -0.1) is 0 Å². The highest BCUT2D eigenvalue weighted by Gasteiger charge is 1.95. The third kappa shape index (κ3) is 0.673. The van der Waals surface area contributed by atoms with Crippen LogP contribution in [-0.4, -0.2) is 15.0 Å². The fourth-order valence-electron chi connectivity index (χ4n) is 0.947. The molecule has 1 radical (unpaired) electrons. The summed E-state index contributed by atoms with van der Waals surface area (Å²) in [5.41, 5.74) is 1.94.